The average molecular weight is 193 g/mol. The molecule has 2 aliphatic heterocycles. The molecule has 68 valence electrons. The fourth-order valence-corrected chi connectivity index (χ4v) is 2.30. The molecule has 2 aliphatic rings. The Morgan fingerprint density at radius 1 is 1.50 bits per heavy atom. The highest BCUT2D eigenvalue weighted by molar-refractivity contribution is 7.83. The number of rotatable bonds is 0. The SMILES string of the molecule is CN1CCC(=O)C12OS(=O)(=O)O2. The van der Waals surface area contributed by atoms with E-state index in [1.807, 2.05) is 0 Å². The molecule has 12 heavy (non-hydrogen) atoms. The van der Waals surface area contributed by atoms with E-state index in [4.69, 9.17) is 0 Å². The van der Waals surface area contributed by atoms with Gasteiger partial charge in [0.05, 0.1) is 0 Å². The standard InChI is InChI=1S/C5H7NO5S/c1-6-3-2-4(7)5(6)10-12(8,9)11-5/h2-3H2,1H3. The Kier molecular flexibility index (Phi) is 1.39. The van der Waals surface area contributed by atoms with Gasteiger partial charge in [-0.05, 0) is 7.05 Å². The zero-order chi connectivity index (χ0) is 8.98. The van der Waals surface area contributed by atoms with Crippen LogP contribution in [0, 0.1) is 0 Å². The maximum Gasteiger partial charge on any atom is 0.408 e. The van der Waals surface area contributed by atoms with Crippen molar-refractivity contribution in [3.63, 3.8) is 0 Å². The number of likely N-dealkylation sites (tertiary alicyclic amines) is 1. The van der Waals surface area contributed by atoms with Crippen molar-refractivity contribution in [3.05, 3.63) is 0 Å². The third-order valence-electron chi connectivity index (χ3n) is 1.96. The molecule has 2 heterocycles. The summed E-state index contributed by atoms with van der Waals surface area (Å²) in [7, 11) is -2.33. The second kappa shape index (κ2) is 2.05. The fraction of sp³-hybridized carbons (Fsp3) is 0.800. The molecule has 0 radical (unpaired) electrons. The normalized spacial score (nSPS) is 32.2. The molecule has 2 saturated heterocycles. The fourth-order valence-electron chi connectivity index (χ4n) is 1.29. The molecule has 0 aromatic heterocycles. The van der Waals surface area contributed by atoms with Gasteiger partial charge < -0.3 is 0 Å². The minimum Gasteiger partial charge on any atom is -0.292 e. The van der Waals surface area contributed by atoms with Crippen LogP contribution in [-0.2, 0) is 23.6 Å². The van der Waals surface area contributed by atoms with Crippen molar-refractivity contribution in [3.8, 4) is 0 Å². The first kappa shape index (κ1) is 8.11. The lowest BCUT2D eigenvalue weighted by Gasteiger charge is -2.38. The summed E-state index contributed by atoms with van der Waals surface area (Å²) in [4.78, 5) is 12.5. The van der Waals surface area contributed by atoms with Crippen molar-refractivity contribution < 1.29 is 21.6 Å². The molecule has 2 fully saturated rings. The van der Waals surface area contributed by atoms with Crippen LogP contribution in [0.15, 0.2) is 0 Å². The van der Waals surface area contributed by atoms with Crippen molar-refractivity contribution in [2.24, 2.45) is 0 Å². The van der Waals surface area contributed by atoms with Crippen LogP contribution in [0.5, 0.6) is 0 Å². The molecule has 0 unspecified atom stereocenters. The van der Waals surface area contributed by atoms with Crippen LogP contribution in [0.4, 0.5) is 0 Å². The van der Waals surface area contributed by atoms with Crippen LogP contribution < -0.4 is 0 Å². The summed E-state index contributed by atoms with van der Waals surface area (Å²) in [5.41, 5.74) is 0. The van der Waals surface area contributed by atoms with Gasteiger partial charge in [-0.15, -0.1) is 0 Å². The second-order valence-corrected chi connectivity index (χ2v) is 3.90. The first-order valence-electron chi connectivity index (χ1n) is 3.37. The van der Waals surface area contributed by atoms with Crippen LogP contribution in [-0.4, -0.2) is 38.6 Å². The van der Waals surface area contributed by atoms with Gasteiger partial charge in [0.15, 0.2) is 0 Å². The zero-order valence-electron chi connectivity index (χ0n) is 6.31. The quantitative estimate of drug-likeness (QED) is 0.483. The summed E-state index contributed by atoms with van der Waals surface area (Å²) < 4.78 is 29.9. The van der Waals surface area contributed by atoms with E-state index in [-0.39, 0.29) is 12.2 Å². The molecule has 0 atom stereocenters. The van der Waals surface area contributed by atoms with Crippen molar-refractivity contribution in [2.45, 2.75) is 12.3 Å². The summed E-state index contributed by atoms with van der Waals surface area (Å²) >= 11 is 0. The van der Waals surface area contributed by atoms with Gasteiger partial charge in [0.2, 0.25) is 5.78 Å². The molecular weight excluding hydrogens is 186 g/mol. The van der Waals surface area contributed by atoms with Crippen molar-refractivity contribution in [2.75, 3.05) is 13.6 Å². The van der Waals surface area contributed by atoms with Gasteiger partial charge in [-0.2, -0.15) is 16.8 Å². The Labute approximate surface area is 69.4 Å². The smallest absolute Gasteiger partial charge is 0.292 e. The number of likely N-dealkylation sites (N-methyl/N-ethyl adjacent to an activating group) is 1. The van der Waals surface area contributed by atoms with Gasteiger partial charge in [0.25, 0.3) is 0 Å². The molecule has 6 nitrogen and oxygen atoms in total. The number of carbonyl (C=O) groups excluding carboxylic acids is 1. The lowest BCUT2D eigenvalue weighted by Crippen LogP contribution is -2.61. The lowest BCUT2D eigenvalue weighted by molar-refractivity contribution is -0.242. The predicted molar refractivity (Wildman–Crippen MR) is 36.1 cm³/mol. The molecular formula is C5H7NO5S. The highest BCUT2D eigenvalue weighted by Gasteiger charge is 2.63. The summed E-state index contributed by atoms with van der Waals surface area (Å²) in [6.45, 7) is 0.453. The highest BCUT2D eigenvalue weighted by atomic mass is 32.3. The van der Waals surface area contributed by atoms with Gasteiger partial charge in [-0.1, -0.05) is 0 Å². The van der Waals surface area contributed by atoms with Crippen LogP contribution in [0.3, 0.4) is 0 Å². The average Bonchev–Trinajstić information content (AvgIpc) is 2.14. The largest absolute Gasteiger partial charge is 0.408 e. The molecule has 0 N–H and O–H groups in total. The van der Waals surface area contributed by atoms with Crippen LogP contribution in [0.2, 0.25) is 0 Å². The number of Topliss-reactive ketones (excluding diaryl/α,β-unsaturated/α-hetero) is 1. The molecule has 0 bridgehead atoms. The topological polar surface area (TPSA) is 72.9 Å². The third kappa shape index (κ3) is 0.845. The number of hydrogen-bond acceptors (Lipinski definition) is 6. The summed E-state index contributed by atoms with van der Waals surface area (Å²) in [5.74, 6) is -1.97. The maximum absolute atomic E-state index is 11.1. The monoisotopic (exact) mass is 193 g/mol. The zero-order valence-corrected chi connectivity index (χ0v) is 7.13. The molecule has 0 saturated carbocycles. The van der Waals surface area contributed by atoms with E-state index in [2.05, 4.69) is 8.37 Å². The van der Waals surface area contributed by atoms with Crippen molar-refractivity contribution in [1.82, 2.24) is 4.90 Å². The van der Waals surface area contributed by atoms with E-state index in [1.54, 1.807) is 7.05 Å². The van der Waals surface area contributed by atoms with Gasteiger partial charge in [-0.25, -0.2) is 4.90 Å². The van der Waals surface area contributed by atoms with E-state index >= 15 is 0 Å². The molecule has 0 aromatic carbocycles. The Hall–Kier alpha value is -0.500. The van der Waals surface area contributed by atoms with Crippen LogP contribution in [0.25, 0.3) is 0 Å². The van der Waals surface area contributed by atoms with E-state index in [1.165, 1.54) is 4.90 Å². The molecule has 2 rings (SSSR count). The van der Waals surface area contributed by atoms with E-state index in [0.29, 0.717) is 6.54 Å². The first-order valence-corrected chi connectivity index (χ1v) is 4.70. The van der Waals surface area contributed by atoms with E-state index < -0.39 is 16.3 Å². The summed E-state index contributed by atoms with van der Waals surface area (Å²) in [5, 5.41) is 0. The van der Waals surface area contributed by atoms with Crippen LogP contribution >= 0.6 is 0 Å². The number of nitrogens with zero attached hydrogens (tertiary/aromatic N) is 1. The van der Waals surface area contributed by atoms with Crippen LogP contribution in [0.1, 0.15) is 6.42 Å². The Morgan fingerprint density at radius 3 is 2.42 bits per heavy atom. The minimum atomic E-state index is -3.90. The predicted octanol–water partition coefficient (Wildman–Crippen LogP) is -1.16. The number of ketones is 1. The van der Waals surface area contributed by atoms with Crippen molar-refractivity contribution >= 4 is 16.2 Å². The molecule has 0 amide bonds. The molecule has 7 heteroatoms. The Balaban J connectivity index is 2.29. The van der Waals surface area contributed by atoms with Gasteiger partial charge in [0, 0.05) is 13.0 Å². The third-order valence-corrected chi connectivity index (χ3v) is 2.82. The van der Waals surface area contributed by atoms with E-state index in [9.17, 15) is 13.2 Å². The molecule has 1 spiro atoms. The van der Waals surface area contributed by atoms with E-state index in [0.717, 1.165) is 0 Å². The molecule has 0 aromatic rings. The maximum atomic E-state index is 11.1. The Bertz CT molecular complexity index is 322. The first-order chi connectivity index (χ1) is 5.46. The van der Waals surface area contributed by atoms with Gasteiger partial charge in [0.1, 0.15) is 0 Å². The minimum absolute atomic E-state index is 0.256. The number of hydrogen-bond donors (Lipinski definition) is 0. The van der Waals surface area contributed by atoms with Gasteiger partial charge in [-0.3, -0.25) is 4.79 Å². The highest BCUT2D eigenvalue weighted by Crippen LogP contribution is 2.38. The summed E-state index contributed by atoms with van der Waals surface area (Å²) in [6, 6.07) is 0. The summed E-state index contributed by atoms with van der Waals surface area (Å²) in [6.07, 6.45) is 0.256. The lowest BCUT2D eigenvalue weighted by atomic mass is 10.3. The molecule has 0 aliphatic carbocycles. The van der Waals surface area contributed by atoms with Crippen molar-refractivity contribution in [1.29, 1.82) is 0 Å². The van der Waals surface area contributed by atoms with Gasteiger partial charge >= 0.3 is 16.3 Å². The number of carbonyl (C=O) groups is 1. The Morgan fingerprint density at radius 2 is 2.08 bits per heavy atom. The second-order valence-electron chi connectivity index (χ2n) is 2.75.